The second kappa shape index (κ2) is 43.3. The Labute approximate surface area is 337 Å². The normalized spacial score (nSPS) is 12.9. The Kier molecular flexibility index (Phi) is 40.6. The van der Waals surface area contributed by atoms with Crippen LogP contribution < -0.4 is 0 Å². The molecule has 6 heteroatoms. The van der Waals surface area contributed by atoms with Crippen LogP contribution in [0.15, 0.2) is 85.1 Å². The average Bonchev–Trinajstić information content (AvgIpc) is 3.18. The number of ether oxygens (including phenoxy) is 3. The summed E-state index contributed by atoms with van der Waals surface area (Å²) >= 11 is 0. The summed E-state index contributed by atoms with van der Waals surface area (Å²) in [6.07, 6.45) is 54.3. The average molecular weight is 765 g/mol. The second-order valence-electron chi connectivity index (χ2n) is 14.3. The minimum atomic E-state index is -0.810. The van der Waals surface area contributed by atoms with Crippen molar-refractivity contribution in [3.8, 4) is 0 Å². The third kappa shape index (κ3) is 41.6. The molecule has 312 valence electrons. The Morgan fingerprint density at radius 3 is 1.25 bits per heavy atom. The highest BCUT2D eigenvalue weighted by Crippen LogP contribution is 2.11. The van der Waals surface area contributed by atoms with E-state index in [-0.39, 0.29) is 31.1 Å². The standard InChI is InChI=1S/C49H80O6/c1-4-7-10-13-16-19-21-23-24-26-27-30-33-36-39-42-48(51)54-45-46(44-53-47(50)41-38-35-32-29-18-15-12-9-6-3)55-49(52)43-40-37-34-31-28-25-22-20-17-14-11-8-5-2/h7,10,13,16,19,21,23-29,32,46H,4-6,8-9,11-12,14-15,17-18,20,22,30-31,33-45H2,1-3H3/b10-7-,16-13-,21-19-,24-23-,27-26-,28-25-,32-29-. The van der Waals surface area contributed by atoms with Gasteiger partial charge >= 0.3 is 17.9 Å². The fraction of sp³-hybridized carbons (Fsp3) is 0.653. The minimum absolute atomic E-state index is 0.113. The van der Waals surface area contributed by atoms with Gasteiger partial charge in [0.25, 0.3) is 0 Å². The molecule has 0 aromatic heterocycles. The molecule has 0 rings (SSSR count). The molecule has 55 heavy (non-hydrogen) atoms. The van der Waals surface area contributed by atoms with Gasteiger partial charge in [-0.3, -0.25) is 14.4 Å². The highest BCUT2D eigenvalue weighted by Gasteiger charge is 2.19. The summed E-state index contributed by atoms with van der Waals surface area (Å²) in [7, 11) is 0. The van der Waals surface area contributed by atoms with E-state index in [0.717, 1.165) is 77.0 Å². The number of hydrogen-bond acceptors (Lipinski definition) is 6. The first kappa shape index (κ1) is 51.6. The molecular weight excluding hydrogens is 685 g/mol. The molecule has 0 aromatic carbocycles. The van der Waals surface area contributed by atoms with Crippen LogP contribution in [0.4, 0.5) is 0 Å². The molecule has 0 bridgehead atoms. The zero-order valence-corrected chi connectivity index (χ0v) is 35.4. The van der Waals surface area contributed by atoms with Crippen molar-refractivity contribution in [3.05, 3.63) is 85.1 Å². The molecule has 0 aliphatic heterocycles. The van der Waals surface area contributed by atoms with Gasteiger partial charge in [-0.05, 0) is 83.5 Å². The van der Waals surface area contributed by atoms with E-state index in [9.17, 15) is 14.4 Å². The van der Waals surface area contributed by atoms with Crippen LogP contribution in [-0.4, -0.2) is 37.2 Å². The highest BCUT2D eigenvalue weighted by molar-refractivity contribution is 5.71. The van der Waals surface area contributed by atoms with Crippen molar-refractivity contribution in [3.63, 3.8) is 0 Å². The van der Waals surface area contributed by atoms with Crippen LogP contribution in [0.25, 0.3) is 0 Å². The fourth-order valence-corrected chi connectivity index (χ4v) is 5.64. The molecule has 6 nitrogen and oxygen atoms in total. The van der Waals surface area contributed by atoms with Crippen molar-refractivity contribution in [1.82, 2.24) is 0 Å². The Bertz CT molecular complexity index is 1110. The zero-order chi connectivity index (χ0) is 40.1. The van der Waals surface area contributed by atoms with Gasteiger partial charge in [0, 0.05) is 19.3 Å². The summed E-state index contributed by atoms with van der Waals surface area (Å²) in [5.74, 6) is -1.01. The first-order valence-corrected chi connectivity index (χ1v) is 22.2. The van der Waals surface area contributed by atoms with E-state index in [0.29, 0.717) is 25.7 Å². The van der Waals surface area contributed by atoms with E-state index >= 15 is 0 Å². The van der Waals surface area contributed by atoms with Gasteiger partial charge in [-0.1, -0.05) is 170 Å². The first-order valence-electron chi connectivity index (χ1n) is 22.2. The SMILES string of the molecule is CC\C=C/C=C\C=C/C=C\C=C/CCCCCC(=O)OCC(COC(=O)CCC/C=C\CCCCCC)OC(=O)CCCCC/C=C\CCCCCCCC. The number of carbonyl (C=O) groups excluding carboxylic acids is 3. The molecule has 1 unspecified atom stereocenters. The molecule has 0 saturated heterocycles. The molecule has 0 radical (unpaired) electrons. The molecule has 0 N–H and O–H groups in total. The predicted octanol–water partition coefficient (Wildman–Crippen LogP) is 14.1. The van der Waals surface area contributed by atoms with Gasteiger partial charge in [0.15, 0.2) is 6.10 Å². The number of allylic oxidation sites excluding steroid dienone is 14. The van der Waals surface area contributed by atoms with Crippen LogP contribution in [0.1, 0.15) is 188 Å². The molecule has 0 aliphatic carbocycles. The summed E-state index contributed by atoms with van der Waals surface area (Å²) in [5.41, 5.74) is 0. The van der Waals surface area contributed by atoms with Gasteiger partial charge in [0.1, 0.15) is 13.2 Å². The predicted molar refractivity (Wildman–Crippen MR) is 233 cm³/mol. The van der Waals surface area contributed by atoms with Crippen LogP contribution in [0, 0.1) is 0 Å². The molecule has 0 saturated carbocycles. The monoisotopic (exact) mass is 765 g/mol. The summed E-state index contributed by atoms with van der Waals surface area (Å²) in [5, 5.41) is 0. The van der Waals surface area contributed by atoms with Gasteiger partial charge in [-0.15, -0.1) is 0 Å². The van der Waals surface area contributed by atoms with Crippen molar-refractivity contribution in [2.45, 2.75) is 194 Å². The molecule has 0 spiro atoms. The van der Waals surface area contributed by atoms with Crippen LogP contribution in [-0.2, 0) is 28.6 Å². The quantitative estimate of drug-likeness (QED) is 0.0205. The van der Waals surface area contributed by atoms with Crippen LogP contribution in [0.2, 0.25) is 0 Å². The second-order valence-corrected chi connectivity index (χ2v) is 14.3. The lowest BCUT2D eigenvalue weighted by Gasteiger charge is -2.18. The maximum absolute atomic E-state index is 12.7. The Morgan fingerprint density at radius 1 is 0.382 bits per heavy atom. The van der Waals surface area contributed by atoms with Crippen molar-refractivity contribution in [2.24, 2.45) is 0 Å². The smallest absolute Gasteiger partial charge is 0.306 e. The fourth-order valence-electron chi connectivity index (χ4n) is 5.64. The van der Waals surface area contributed by atoms with Gasteiger partial charge in [-0.25, -0.2) is 0 Å². The number of esters is 3. The first-order chi connectivity index (χ1) is 27.0. The van der Waals surface area contributed by atoms with Crippen LogP contribution in [0.5, 0.6) is 0 Å². The molecule has 0 fully saturated rings. The molecule has 0 aliphatic rings. The lowest BCUT2D eigenvalue weighted by atomic mass is 10.1. The Morgan fingerprint density at radius 2 is 0.745 bits per heavy atom. The van der Waals surface area contributed by atoms with Gasteiger partial charge in [0.05, 0.1) is 0 Å². The number of carbonyl (C=O) groups is 3. The third-order valence-electron chi connectivity index (χ3n) is 8.98. The van der Waals surface area contributed by atoms with Gasteiger partial charge < -0.3 is 14.2 Å². The van der Waals surface area contributed by atoms with E-state index in [4.69, 9.17) is 14.2 Å². The lowest BCUT2D eigenvalue weighted by Crippen LogP contribution is -2.30. The summed E-state index contributed by atoms with van der Waals surface area (Å²) in [6, 6.07) is 0. The van der Waals surface area contributed by atoms with E-state index in [1.807, 2.05) is 48.6 Å². The van der Waals surface area contributed by atoms with Crippen molar-refractivity contribution < 1.29 is 28.6 Å². The van der Waals surface area contributed by atoms with E-state index < -0.39 is 6.10 Å². The largest absolute Gasteiger partial charge is 0.462 e. The van der Waals surface area contributed by atoms with Crippen LogP contribution >= 0.6 is 0 Å². The summed E-state index contributed by atoms with van der Waals surface area (Å²) in [6.45, 7) is 6.34. The molecule has 1 atom stereocenters. The molecule has 0 aromatic rings. The van der Waals surface area contributed by atoms with Gasteiger partial charge in [0.2, 0.25) is 0 Å². The van der Waals surface area contributed by atoms with Crippen LogP contribution in [0.3, 0.4) is 0 Å². The third-order valence-corrected chi connectivity index (χ3v) is 8.98. The Hall–Kier alpha value is -3.41. The highest BCUT2D eigenvalue weighted by atomic mass is 16.6. The molecular formula is C49H80O6. The molecule has 0 amide bonds. The van der Waals surface area contributed by atoms with E-state index in [1.165, 1.54) is 64.2 Å². The van der Waals surface area contributed by atoms with Crippen molar-refractivity contribution in [2.75, 3.05) is 13.2 Å². The topological polar surface area (TPSA) is 78.9 Å². The van der Waals surface area contributed by atoms with E-state index in [2.05, 4.69) is 57.2 Å². The maximum atomic E-state index is 12.7. The zero-order valence-electron chi connectivity index (χ0n) is 35.4. The Balaban J connectivity index is 4.51. The van der Waals surface area contributed by atoms with Gasteiger partial charge in [-0.2, -0.15) is 0 Å². The summed E-state index contributed by atoms with van der Waals surface area (Å²) < 4.78 is 16.6. The number of unbranched alkanes of at least 4 members (excludes halogenated alkanes) is 17. The summed E-state index contributed by atoms with van der Waals surface area (Å²) in [4.78, 5) is 37.6. The number of rotatable bonds is 38. The van der Waals surface area contributed by atoms with Crippen molar-refractivity contribution >= 4 is 17.9 Å². The van der Waals surface area contributed by atoms with E-state index in [1.54, 1.807) is 0 Å². The minimum Gasteiger partial charge on any atom is -0.462 e. The number of hydrogen-bond donors (Lipinski definition) is 0. The van der Waals surface area contributed by atoms with Crippen molar-refractivity contribution in [1.29, 1.82) is 0 Å². The molecule has 0 heterocycles. The lowest BCUT2D eigenvalue weighted by molar-refractivity contribution is -0.167. The maximum Gasteiger partial charge on any atom is 0.306 e.